The van der Waals surface area contributed by atoms with Gasteiger partial charge in [0.05, 0.1) is 0 Å². The summed E-state index contributed by atoms with van der Waals surface area (Å²) in [4.78, 5) is 0. The van der Waals surface area contributed by atoms with Gasteiger partial charge in [0.25, 0.3) is 0 Å². The lowest BCUT2D eigenvalue weighted by Gasteiger charge is -2.16. The number of hydrogen-bond acceptors (Lipinski definition) is 1. The van der Waals surface area contributed by atoms with Crippen LogP contribution in [0.15, 0.2) is 18.2 Å². The zero-order valence-corrected chi connectivity index (χ0v) is 10.6. The minimum absolute atomic E-state index is 0.0424. The Morgan fingerprint density at radius 2 is 1.94 bits per heavy atom. The van der Waals surface area contributed by atoms with Gasteiger partial charge in [0.15, 0.2) is 0 Å². The first-order chi connectivity index (χ1) is 8.26. The van der Waals surface area contributed by atoms with E-state index in [9.17, 15) is 17.6 Å². The van der Waals surface area contributed by atoms with Gasteiger partial charge in [-0.15, -0.1) is 0 Å². The molecule has 1 nitrogen and oxygen atoms in total. The Morgan fingerprint density at radius 3 is 2.50 bits per heavy atom. The van der Waals surface area contributed by atoms with Gasteiger partial charge in [-0.1, -0.05) is 11.6 Å². The van der Waals surface area contributed by atoms with E-state index in [-0.39, 0.29) is 17.5 Å². The third kappa shape index (κ3) is 6.10. The SMILES string of the molecule is CC(CCCC(F)(F)F)Nc1cc(F)cc(Cl)c1. The summed E-state index contributed by atoms with van der Waals surface area (Å²) >= 11 is 5.67. The average Bonchev–Trinajstić information content (AvgIpc) is 2.12. The molecule has 1 atom stereocenters. The van der Waals surface area contributed by atoms with Crippen molar-refractivity contribution in [1.82, 2.24) is 0 Å². The van der Waals surface area contributed by atoms with Crippen LogP contribution in [-0.4, -0.2) is 12.2 Å². The molecule has 0 saturated carbocycles. The molecule has 0 saturated heterocycles. The van der Waals surface area contributed by atoms with Crippen molar-refractivity contribution in [3.8, 4) is 0 Å². The summed E-state index contributed by atoms with van der Waals surface area (Å²) in [5.74, 6) is -0.479. The third-order valence-corrected chi connectivity index (χ3v) is 2.59. The Balaban J connectivity index is 2.42. The van der Waals surface area contributed by atoms with Gasteiger partial charge in [-0.25, -0.2) is 4.39 Å². The van der Waals surface area contributed by atoms with E-state index in [0.717, 1.165) is 0 Å². The van der Waals surface area contributed by atoms with Gasteiger partial charge in [0.1, 0.15) is 5.82 Å². The van der Waals surface area contributed by atoms with Crippen molar-refractivity contribution in [2.24, 2.45) is 0 Å². The first kappa shape index (κ1) is 15.1. The number of alkyl halides is 3. The van der Waals surface area contributed by atoms with Crippen LogP contribution in [0.1, 0.15) is 26.2 Å². The summed E-state index contributed by atoms with van der Waals surface area (Å²) in [6, 6.07) is 3.78. The van der Waals surface area contributed by atoms with Crippen LogP contribution in [0.25, 0.3) is 0 Å². The molecule has 0 heterocycles. The highest BCUT2D eigenvalue weighted by molar-refractivity contribution is 6.30. The largest absolute Gasteiger partial charge is 0.389 e. The molecule has 0 aliphatic rings. The normalized spacial score (nSPS) is 13.4. The van der Waals surface area contributed by atoms with E-state index in [1.54, 1.807) is 6.92 Å². The van der Waals surface area contributed by atoms with Crippen molar-refractivity contribution in [1.29, 1.82) is 0 Å². The molecule has 0 spiro atoms. The first-order valence-electron chi connectivity index (χ1n) is 5.55. The van der Waals surface area contributed by atoms with Crippen molar-refractivity contribution in [2.45, 2.75) is 38.4 Å². The quantitative estimate of drug-likeness (QED) is 0.749. The lowest BCUT2D eigenvalue weighted by Crippen LogP contribution is -2.16. The van der Waals surface area contributed by atoms with Crippen molar-refractivity contribution in [3.05, 3.63) is 29.0 Å². The number of rotatable bonds is 5. The van der Waals surface area contributed by atoms with Crippen LogP contribution in [0, 0.1) is 5.82 Å². The van der Waals surface area contributed by atoms with Crippen LogP contribution in [0.2, 0.25) is 5.02 Å². The molecule has 6 heteroatoms. The van der Waals surface area contributed by atoms with Gasteiger partial charge in [-0.2, -0.15) is 13.2 Å². The smallest absolute Gasteiger partial charge is 0.382 e. The number of nitrogens with one attached hydrogen (secondary N) is 1. The van der Waals surface area contributed by atoms with Crippen LogP contribution in [-0.2, 0) is 0 Å². The Bertz CT molecular complexity index is 372. The zero-order valence-electron chi connectivity index (χ0n) is 9.82. The fourth-order valence-electron chi connectivity index (χ4n) is 1.60. The lowest BCUT2D eigenvalue weighted by molar-refractivity contribution is -0.135. The molecule has 0 aliphatic carbocycles. The molecule has 0 fully saturated rings. The van der Waals surface area contributed by atoms with E-state index < -0.39 is 18.4 Å². The molecule has 0 radical (unpaired) electrons. The molecule has 1 N–H and O–H groups in total. The van der Waals surface area contributed by atoms with Crippen LogP contribution in [0.4, 0.5) is 23.2 Å². The summed E-state index contributed by atoms with van der Waals surface area (Å²) in [7, 11) is 0. The second kappa shape index (κ2) is 6.27. The van der Waals surface area contributed by atoms with Crippen LogP contribution < -0.4 is 5.32 Å². The first-order valence-corrected chi connectivity index (χ1v) is 5.93. The van der Waals surface area contributed by atoms with Gasteiger partial charge < -0.3 is 5.32 Å². The molecule has 1 rings (SSSR count). The van der Waals surface area contributed by atoms with E-state index in [2.05, 4.69) is 5.32 Å². The molecule has 1 aromatic carbocycles. The topological polar surface area (TPSA) is 12.0 Å². The van der Waals surface area contributed by atoms with Crippen LogP contribution >= 0.6 is 11.6 Å². The summed E-state index contributed by atoms with van der Waals surface area (Å²) in [6.07, 6.45) is -4.53. The Morgan fingerprint density at radius 1 is 1.28 bits per heavy atom. The van der Waals surface area contributed by atoms with E-state index in [0.29, 0.717) is 12.1 Å². The van der Waals surface area contributed by atoms with Crippen LogP contribution in [0.5, 0.6) is 0 Å². The number of hydrogen-bond donors (Lipinski definition) is 1. The zero-order chi connectivity index (χ0) is 13.8. The molecular formula is C12H14ClF4N. The third-order valence-electron chi connectivity index (χ3n) is 2.37. The number of halogens is 5. The monoisotopic (exact) mass is 283 g/mol. The molecule has 102 valence electrons. The maximum absolute atomic E-state index is 13.0. The summed E-state index contributed by atoms with van der Waals surface area (Å²) in [6.45, 7) is 1.75. The number of anilines is 1. The van der Waals surface area contributed by atoms with Crippen LogP contribution in [0.3, 0.4) is 0 Å². The second-order valence-corrected chi connectivity index (χ2v) is 4.65. The molecule has 18 heavy (non-hydrogen) atoms. The molecule has 1 aromatic rings. The Labute approximate surface area is 108 Å². The molecule has 0 bridgehead atoms. The van der Waals surface area contributed by atoms with Crippen molar-refractivity contribution >= 4 is 17.3 Å². The highest BCUT2D eigenvalue weighted by Crippen LogP contribution is 2.24. The van der Waals surface area contributed by atoms with Gasteiger partial charge in [0.2, 0.25) is 0 Å². The lowest BCUT2D eigenvalue weighted by atomic mass is 10.1. The van der Waals surface area contributed by atoms with E-state index in [1.807, 2.05) is 0 Å². The highest BCUT2D eigenvalue weighted by atomic mass is 35.5. The predicted molar refractivity (Wildman–Crippen MR) is 64.4 cm³/mol. The minimum atomic E-state index is -4.12. The highest BCUT2D eigenvalue weighted by Gasteiger charge is 2.26. The molecule has 1 unspecified atom stereocenters. The fourth-order valence-corrected chi connectivity index (χ4v) is 1.82. The summed E-state index contributed by atoms with van der Waals surface area (Å²) in [5.41, 5.74) is 0.472. The van der Waals surface area contributed by atoms with E-state index >= 15 is 0 Å². The second-order valence-electron chi connectivity index (χ2n) is 4.21. The fraction of sp³-hybridized carbons (Fsp3) is 0.500. The summed E-state index contributed by atoms with van der Waals surface area (Å²) in [5, 5.41) is 3.17. The maximum Gasteiger partial charge on any atom is 0.389 e. The molecular weight excluding hydrogens is 270 g/mol. The van der Waals surface area contributed by atoms with Crippen molar-refractivity contribution in [3.63, 3.8) is 0 Å². The number of benzene rings is 1. The van der Waals surface area contributed by atoms with Crippen molar-refractivity contribution in [2.75, 3.05) is 5.32 Å². The van der Waals surface area contributed by atoms with E-state index in [4.69, 9.17) is 11.6 Å². The molecule has 0 aliphatic heterocycles. The molecule has 0 aromatic heterocycles. The van der Waals surface area contributed by atoms with Gasteiger partial charge in [-0.05, 0) is 38.0 Å². The van der Waals surface area contributed by atoms with Crippen molar-refractivity contribution < 1.29 is 17.6 Å². The minimum Gasteiger partial charge on any atom is -0.382 e. The van der Waals surface area contributed by atoms with Gasteiger partial charge in [0, 0.05) is 23.2 Å². The van der Waals surface area contributed by atoms with Gasteiger partial charge in [-0.3, -0.25) is 0 Å². The Kier molecular flexibility index (Phi) is 5.26. The van der Waals surface area contributed by atoms with E-state index in [1.165, 1.54) is 18.2 Å². The molecule has 0 amide bonds. The van der Waals surface area contributed by atoms with Gasteiger partial charge >= 0.3 is 6.18 Å². The average molecular weight is 284 g/mol. The summed E-state index contributed by atoms with van der Waals surface area (Å²) < 4.78 is 48.9. The maximum atomic E-state index is 13.0. The Hall–Kier alpha value is -0.970. The predicted octanol–water partition coefficient (Wildman–Crippen LogP) is 5.01. The standard InChI is InChI=1S/C12H14ClF4N/c1-8(3-2-4-12(15,16)17)18-11-6-9(13)5-10(14)7-11/h5-8,18H,2-4H2,1H3.